The van der Waals surface area contributed by atoms with Gasteiger partial charge >= 0.3 is 0 Å². The van der Waals surface area contributed by atoms with Gasteiger partial charge in [0.1, 0.15) is 0 Å². The third-order valence-electron chi connectivity index (χ3n) is 4.71. The minimum atomic E-state index is 0.0308. The van der Waals surface area contributed by atoms with Crippen LogP contribution in [0.4, 0.5) is 0 Å². The van der Waals surface area contributed by atoms with E-state index < -0.39 is 0 Å². The maximum absolute atomic E-state index is 11.1. The molecule has 3 rings (SSSR count). The highest BCUT2D eigenvalue weighted by molar-refractivity contribution is 5.72. The molecule has 134 valence electrons. The molecule has 0 unspecified atom stereocenters. The number of rotatable bonds is 6. The fourth-order valence-electron chi connectivity index (χ4n) is 3.32. The highest BCUT2D eigenvalue weighted by Gasteiger charge is 2.24. The molecule has 0 aliphatic carbocycles. The van der Waals surface area contributed by atoms with Crippen molar-refractivity contribution in [2.45, 2.75) is 52.1 Å². The summed E-state index contributed by atoms with van der Waals surface area (Å²) >= 11 is 0. The molecule has 0 radical (unpaired) electrons. The Morgan fingerprint density at radius 1 is 1.32 bits per heavy atom. The van der Waals surface area contributed by atoms with Crippen molar-refractivity contribution in [2.24, 2.45) is 0 Å². The van der Waals surface area contributed by atoms with Gasteiger partial charge in [0.2, 0.25) is 5.91 Å². The van der Waals surface area contributed by atoms with Crippen molar-refractivity contribution in [2.75, 3.05) is 13.1 Å². The number of aryl methyl sites for hydroxylation is 1. The van der Waals surface area contributed by atoms with Gasteiger partial charge in [-0.15, -0.1) is 0 Å². The Morgan fingerprint density at radius 3 is 2.88 bits per heavy atom. The number of piperidine rings is 1. The van der Waals surface area contributed by atoms with E-state index in [1.54, 1.807) is 6.92 Å². The molecule has 2 heterocycles. The summed E-state index contributed by atoms with van der Waals surface area (Å²) in [6.45, 7) is 6.07. The van der Waals surface area contributed by atoms with Crippen LogP contribution in [0.25, 0.3) is 11.5 Å². The SMILES string of the molecule is CC(=O)NCC[C@H]1CCCCN1Cc1noc(-c2ccc(C)cc2)n1. The van der Waals surface area contributed by atoms with Gasteiger partial charge in [0, 0.05) is 25.1 Å². The third kappa shape index (κ3) is 4.89. The highest BCUT2D eigenvalue weighted by Crippen LogP contribution is 2.22. The number of likely N-dealkylation sites (tertiary alicyclic amines) is 1. The summed E-state index contributed by atoms with van der Waals surface area (Å²) in [5.74, 6) is 1.33. The zero-order valence-electron chi connectivity index (χ0n) is 15.0. The molecule has 1 atom stereocenters. The Morgan fingerprint density at radius 2 is 2.12 bits per heavy atom. The number of carbonyl (C=O) groups excluding carboxylic acids is 1. The van der Waals surface area contributed by atoms with E-state index in [9.17, 15) is 4.79 Å². The summed E-state index contributed by atoms with van der Waals surface area (Å²) < 4.78 is 5.44. The van der Waals surface area contributed by atoms with E-state index in [0.717, 1.165) is 37.3 Å². The van der Waals surface area contributed by atoms with Crippen molar-refractivity contribution in [3.63, 3.8) is 0 Å². The molecule has 25 heavy (non-hydrogen) atoms. The maximum Gasteiger partial charge on any atom is 0.257 e. The number of amides is 1. The standard InChI is InChI=1S/C19H26N4O2/c1-14-6-8-16(9-7-14)19-21-18(22-25-19)13-23-12-4-3-5-17(23)10-11-20-15(2)24/h6-9,17H,3-5,10-13H2,1-2H3,(H,20,24)/t17-/m1/s1. The minimum absolute atomic E-state index is 0.0308. The van der Waals surface area contributed by atoms with Gasteiger partial charge in [0.05, 0.1) is 6.54 Å². The zero-order valence-corrected chi connectivity index (χ0v) is 15.0. The quantitative estimate of drug-likeness (QED) is 0.874. The monoisotopic (exact) mass is 342 g/mol. The number of benzene rings is 1. The molecule has 1 aromatic carbocycles. The first kappa shape index (κ1) is 17.6. The Kier molecular flexibility index (Phi) is 5.81. The average molecular weight is 342 g/mol. The number of nitrogens with zero attached hydrogens (tertiary/aromatic N) is 3. The van der Waals surface area contributed by atoms with Gasteiger partial charge in [-0.2, -0.15) is 4.98 Å². The van der Waals surface area contributed by atoms with Crippen LogP contribution >= 0.6 is 0 Å². The van der Waals surface area contributed by atoms with Crippen molar-refractivity contribution in [1.29, 1.82) is 0 Å². The normalized spacial score (nSPS) is 18.2. The van der Waals surface area contributed by atoms with Crippen molar-refractivity contribution in [3.05, 3.63) is 35.7 Å². The topological polar surface area (TPSA) is 71.3 Å². The van der Waals surface area contributed by atoms with Crippen molar-refractivity contribution in [3.8, 4) is 11.5 Å². The van der Waals surface area contributed by atoms with Crippen LogP contribution in [0, 0.1) is 6.92 Å². The van der Waals surface area contributed by atoms with E-state index in [2.05, 4.69) is 27.3 Å². The highest BCUT2D eigenvalue weighted by atomic mass is 16.5. The summed E-state index contributed by atoms with van der Waals surface area (Å²) in [7, 11) is 0. The maximum atomic E-state index is 11.1. The van der Waals surface area contributed by atoms with Gasteiger partial charge in [-0.3, -0.25) is 9.69 Å². The van der Waals surface area contributed by atoms with Crippen LogP contribution < -0.4 is 5.32 Å². The summed E-state index contributed by atoms with van der Waals surface area (Å²) in [6.07, 6.45) is 4.55. The lowest BCUT2D eigenvalue weighted by molar-refractivity contribution is -0.119. The van der Waals surface area contributed by atoms with E-state index in [-0.39, 0.29) is 5.91 Å². The Labute approximate surface area is 148 Å². The first-order chi connectivity index (χ1) is 12.1. The van der Waals surface area contributed by atoms with Gasteiger partial charge < -0.3 is 9.84 Å². The molecule has 1 N–H and O–H groups in total. The van der Waals surface area contributed by atoms with E-state index >= 15 is 0 Å². The number of nitrogens with one attached hydrogen (secondary N) is 1. The predicted octanol–water partition coefficient (Wildman–Crippen LogP) is 2.93. The zero-order chi connectivity index (χ0) is 17.6. The molecule has 1 saturated heterocycles. The van der Waals surface area contributed by atoms with Crippen LogP contribution in [-0.2, 0) is 11.3 Å². The lowest BCUT2D eigenvalue weighted by Gasteiger charge is -2.34. The summed E-state index contributed by atoms with van der Waals surface area (Å²) in [5, 5.41) is 7.05. The lowest BCUT2D eigenvalue weighted by atomic mass is 9.99. The Hall–Kier alpha value is -2.21. The number of hydrogen-bond donors (Lipinski definition) is 1. The average Bonchev–Trinajstić information content (AvgIpc) is 3.05. The first-order valence-corrected chi connectivity index (χ1v) is 9.00. The minimum Gasteiger partial charge on any atom is -0.356 e. The molecule has 0 saturated carbocycles. The number of carbonyl (C=O) groups is 1. The molecule has 2 aromatic rings. The molecule has 6 heteroatoms. The smallest absolute Gasteiger partial charge is 0.257 e. The molecule has 1 aromatic heterocycles. The molecule has 1 aliphatic rings. The number of hydrogen-bond acceptors (Lipinski definition) is 5. The second-order valence-electron chi connectivity index (χ2n) is 6.77. The van der Waals surface area contributed by atoms with Gasteiger partial charge in [0.15, 0.2) is 5.82 Å². The van der Waals surface area contributed by atoms with Gasteiger partial charge in [-0.05, 0) is 44.9 Å². The molecular weight excluding hydrogens is 316 g/mol. The second kappa shape index (κ2) is 8.25. The second-order valence-corrected chi connectivity index (χ2v) is 6.77. The van der Waals surface area contributed by atoms with Crippen molar-refractivity contribution < 1.29 is 9.32 Å². The van der Waals surface area contributed by atoms with E-state index in [1.165, 1.54) is 18.4 Å². The van der Waals surface area contributed by atoms with Crippen LogP contribution in [0.15, 0.2) is 28.8 Å². The van der Waals surface area contributed by atoms with Gasteiger partial charge in [-0.25, -0.2) is 0 Å². The molecule has 0 bridgehead atoms. The van der Waals surface area contributed by atoms with Crippen LogP contribution in [0.3, 0.4) is 0 Å². The molecule has 1 amide bonds. The third-order valence-corrected chi connectivity index (χ3v) is 4.71. The molecule has 0 spiro atoms. The fourth-order valence-corrected chi connectivity index (χ4v) is 3.32. The molecule has 1 aliphatic heterocycles. The van der Waals surface area contributed by atoms with Crippen LogP contribution in [0.2, 0.25) is 0 Å². The molecule has 1 fully saturated rings. The summed E-state index contributed by atoms with van der Waals surface area (Å²) in [4.78, 5) is 18.0. The molecular formula is C19H26N4O2. The lowest BCUT2D eigenvalue weighted by Crippen LogP contribution is -2.41. The van der Waals surface area contributed by atoms with E-state index in [4.69, 9.17) is 4.52 Å². The van der Waals surface area contributed by atoms with Crippen LogP contribution in [0.1, 0.15) is 44.0 Å². The first-order valence-electron chi connectivity index (χ1n) is 9.00. The van der Waals surface area contributed by atoms with Crippen LogP contribution in [-0.4, -0.2) is 40.1 Å². The predicted molar refractivity (Wildman–Crippen MR) is 95.8 cm³/mol. The van der Waals surface area contributed by atoms with Gasteiger partial charge in [0.25, 0.3) is 5.89 Å². The summed E-state index contributed by atoms with van der Waals surface area (Å²) in [5.41, 5.74) is 2.16. The van der Waals surface area contributed by atoms with E-state index in [1.807, 2.05) is 24.3 Å². The Bertz CT molecular complexity index is 696. The Balaban J connectivity index is 1.61. The van der Waals surface area contributed by atoms with Crippen LogP contribution in [0.5, 0.6) is 0 Å². The molecule has 6 nitrogen and oxygen atoms in total. The fraction of sp³-hybridized carbons (Fsp3) is 0.526. The van der Waals surface area contributed by atoms with Gasteiger partial charge in [-0.1, -0.05) is 29.3 Å². The largest absolute Gasteiger partial charge is 0.356 e. The van der Waals surface area contributed by atoms with Crippen molar-refractivity contribution in [1.82, 2.24) is 20.4 Å². The number of aromatic nitrogens is 2. The van der Waals surface area contributed by atoms with E-state index in [0.29, 0.717) is 18.5 Å². The van der Waals surface area contributed by atoms with Crippen molar-refractivity contribution >= 4 is 5.91 Å². The summed E-state index contributed by atoms with van der Waals surface area (Å²) in [6, 6.07) is 8.55.